The summed E-state index contributed by atoms with van der Waals surface area (Å²) in [6, 6.07) is 2.32. The number of imidazole rings is 1. The maximum absolute atomic E-state index is 5.45. The number of fused-ring (bicyclic) bond motifs is 1. The van der Waals surface area contributed by atoms with Crippen LogP contribution < -0.4 is 14.7 Å². The molecule has 0 N–H and O–H groups in total. The summed E-state index contributed by atoms with van der Waals surface area (Å²) >= 11 is 0. The van der Waals surface area contributed by atoms with Crippen molar-refractivity contribution in [2.75, 3.05) is 61.1 Å². The van der Waals surface area contributed by atoms with E-state index in [9.17, 15) is 0 Å². The molecule has 0 saturated carbocycles. The summed E-state index contributed by atoms with van der Waals surface area (Å²) in [5.41, 5.74) is 1.72. The molecule has 0 bridgehead atoms. The smallest absolute Gasteiger partial charge is 0.227 e. The molecule has 1 unspecified atom stereocenters. The third kappa shape index (κ3) is 3.51. The molecule has 30 heavy (non-hydrogen) atoms. The Morgan fingerprint density at radius 1 is 1.07 bits per heavy atom. The molecule has 0 radical (unpaired) electrons. The minimum atomic E-state index is 0.333. The van der Waals surface area contributed by atoms with Crippen molar-refractivity contribution in [1.82, 2.24) is 29.5 Å². The summed E-state index contributed by atoms with van der Waals surface area (Å²) in [6.45, 7) is 4.95. The van der Waals surface area contributed by atoms with Crippen LogP contribution in [0.4, 0.5) is 17.6 Å². The second-order valence-corrected chi connectivity index (χ2v) is 7.89. The van der Waals surface area contributed by atoms with Gasteiger partial charge in [-0.15, -0.1) is 0 Å². The van der Waals surface area contributed by atoms with Crippen molar-refractivity contribution >= 4 is 28.7 Å². The highest BCUT2D eigenvalue weighted by Gasteiger charge is 2.27. The number of nitrogens with zero attached hydrogens (tertiary/aromatic N) is 9. The largest absolute Gasteiger partial charge is 0.378 e. The SMILES string of the molecule is CN(c1ccnc(N2CCOCC2)n1)C1CCCN(c2ncnc3c2ncn3C)C1. The number of aryl methyl sites for hydroxylation is 1. The summed E-state index contributed by atoms with van der Waals surface area (Å²) in [7, 11) is 4.08. The second kappa shape index (κ2) is 8.02. The van der Waals surface area contributed by atoms with E-state index < -0.39 is 0 Å². The van der Waals surface area contributed by atoms with Crippen molar-refractivity contribution in [1.29, 1.82) is 0 Å². The quantitative estimate of drug-likeness (QED) is 0.628. The number of anilines is 3. The minimum Gasteiger partial charge on any atom is -0.378 e. The highest BCUT2D eigenvalue weighted by molar-refractivity contribution is 5.83. The first-order valence-electron chi connectivity index (χ1n) is 10.5. The zero-order valence-electron chi connectivity index (χ0n) is 17.5. The monoisotopic (exact) mass is 409 g/mol. The predicted molar refractivity (Wildman–Crippen MR) is 115 cm³/mol. The predicted octanol–water partition coefficient (Wildman–Crippen LogP) is 1.10. The molecule has 5 heterocycles. The van der Waals surface area contributed by atoms with Gasteiger partial charge in [-0.3, -0.25) is 0 Å². The van der Waals surface area contributed by atoms with Gasteiger partial charge in [0.2, 0.25) is 5.95 Å². The van der Waals surface area contributed by atoms with Crippen LogP contribution in [0.1, 0.15) is 12.8 Å². The van der Waals surface area contributed by atoms with Gasteiger partial charge in [0.15, 0.2) is 17.0 Å². The zero-order chi connectivity index (χ0) is 20.5. The summed E-state index contributed by atoms with van der Waals surface area (Å²) in [6.07, 6.45) is 7.48. The number of likely N-dealkylation sites (N-methyl/N-ethyl adjacent to an activating group) is 1. The van der Waals surface area contributed by atoms with Crippen LogP contribution in [0, 0.1) is 0 Å². The highest BCUT2D eigenvalue weighted by Crippen LogP contribution is 2.27. The molecule has 10 nitrogen and oxygen atoms in total. The number of aromatic nitrogens is 6. The molecule has 0 aromatic carbocycles. The molecule has 0 aliphatic carbocycles. The average Bonchev–Trinajstić information content (AvgIpc) is 3.20. The Kier molecular flexibility index (Phi) is 5.07. The average molecular weight is 409 g/mol. The lowest BCUT2D eigenvalue weighted by Crippen LogP contribution is -2.47. The number of morpholine rings is 1. The van der Waals surface area contributed by atoms with E-state index >= 15 is 0 Å². The fourth-order valence-corrected chi connectivity index (χ4v) is 4.27. The summed E-state index contributed by atoms with van der Waals surface area (Å²) in [5, 5.41) is 0. The first-order valence-corrected chi connectivity index (χ1v) is 10.5. The topological polar surface area (TPSA) is 88.3 Å². The first-order chi connectivity index (χ1) is 14.7. The van der Waals surface area contributed by atoms with E-state index in [0.717, 1.165) is 81.0 Å². The molecule has 2 aliphatic rings. The molecule has 158 valence electrons. The van der Waals surface area contributed by atoms with Gasteiger partial charge < -0.3 is 24.0 Å². The Hall–Kier alpha value is -3.01. The third-order valence-corrected chi connectivity index (χ3v) is 6.01. The molecule has 2 saturated heterocycles. The van der Waals surface area contributed by atoms with Crippen molar-refractivity contribution in [3.63, 3.8) is 0 Å². The van der Waals surface area contributed by atoms with E-state index in [1.807, 2.05) is 23.9 Å². The number of ether oxygens (including phenoxy) is 1. The molecule has 3 aromatic rings. The summed E-state index contributed by atoms with van der Waals surface area (Å²) < 4.78 is 7.38. The van der Waals surface area contributed by atoms with Crippen molar-refractivity contribution in [2.24, 2.45) is 7.05 Å². The van der Waals surface area contributed by atoms with E-state index in [1.165, 1.54) is 0 Å². The van der Waals surface area contributed by atoms with Crippen LogP contribution in [0.2, 0.25) is 0 Å². The Bertz CT molecular complexity index is 1020. The number of rotatable bonds is 4. The second-order valence-electron chi connectivity index (χ2n) is 7.89. The van der Waals surface area contributed by atoms with Gasteiger partial charge >= 0.3 is 0 Å². The van der Waals surface area contributed by atoms with Crippen LogP contribution in [0.25, 0.3) is 11.2 Å². The Morgan fingerprint density at radius 2 is 1.93 bits per heavy atom. The number of hydrogen-bond acceptors (Lipinski definition) is 9. The van der Waals surface area contributed by atoms with E-state index in [0.29, 0.717) is 6.04 Å². The maximum Gasteiger partial charge on any atom is 0.227 e. The van der Waals surface area contributed by atoms with Crippen molar-refractivity contribution in [2.45, 2.75) is 18.9 Å². The molecule has 2 aliphatic heterocycles. The lowest BCUT2D eigenvalue weighted by Gasteiger charge is -2.39. The maximum atomic E-state index is 5.45. The van der Waals surface area contributed by atoms with E-state index in [4.69, 9.17) is 9.72 Å². The standard InChI is InChI=1S/C20H27N9O/c1-26-14-24-17-18(26)22-13-23-19(17)29-7-3-4-15(12-29)27(2)16-5-6-21-20(25-16)28-8-10-30-11-9-28/h5-6,13-15H,3-4,7-12H2,1-2H3. The molecule has 0 amide bonds. The molecule has 10 heteroatoms. The van der Waals surface area contributed by atoms with Gasteiger partial charge in [0, 0.05) is 52.5 Å². The van der Waals surface area contributed by atoms with Gasteiger partial charge in [0.1, 0.15) is 12.1 Å². The molecule has 5 rings (SSSR count). The Balaban J connectivity index is 1.35. The van der Waals surface area contributed by atoms with E-state index in [2.05, 4.69) is 41.7 Å². The molecule has 1 atom stereocenters. The van der Waals surface area contributed by atoms with Gasteiger partial charge in [-0.05, 0) is 18.9 Å². The summed E-state index contributed by atoms with van der Waals surface area (Å²) in [4.78, 5) is 29.6. The Labute approximate surface area is 175 Å². The normalized spacial score (nSPS) is 20.0. The van der Waals surface area contributed by atoms with Gasteiger partial charge in [0.05, 0.1) is 19.5 Å². The van der Waals surface area contributed by atoms with Gasteiger partial charge in [-0.25, -0.2) is 19.9 Å². The third-order valence-electron chi connectivity index (χ3n) is 6.01. The molecule has 0 spiro atoms. The Morgan fingerprint density at radius 3 is 2.80 bits per heavy atom. The summed E-state index contributed by atoms with van der Waals surface area (Å²) in [5.74, 6) is 2.64. The zero-order valence-corrected chi connectivity index (χ0v) is 17.5. The van der Waals surface area contributed by atoms with Crippen molar-refractivity contribution in [3.8, 4) is 0 Å². The van der Waals surface area contributed by atoms with Crippen molar-refractivity contribution < 1.29 is 4.74 Å². The first kappa shape index (κ1) is 19.0. The van der Waals surface area contributed by atoms with E-state index in [1.54, 1.807) is 12.7 Å². The van der Waals surface area contributed by atoms with Crippen LogP contribution in [-0.2, 0) is 11.8 Å². The van der Waals surface area contributed by atoms with Gasteiger partial charge in [-0.1, -0.05) is 0 Å². The van der Waals surface area contributed by atoms with Gasteiger partial charge in [-0.2, -0.15) is 4.98 Å². The van der Waals surface area contributed by atoms with Crippen LogP contribution in [0.15, 0.2) is 24.9 Å². The lowest BCUT2D eigenvalue weighted by molar-refractivity contribution is 0.122. The number of piperidine rings is 1. The van der Waals surface area contributed by atoms with E-state index in [-0.39, 0.29) is 0 Å². The molecular formula is C20H27N9O. The van der Waals surface area contributed by atoms with Gasteiger partial charge in [0.25, 0.3) is 0 Å². The lowest BCUT2D eigenvalue weighted by atomic mass is 10.0. The fraction of sp³-hybridized carbons (Fsp3) is 0.550. The van der Waals surface area contributed by atoms with Crippen LogP contribution >= 0.6 is 0 Å². The number of hydrogen-bond donors (Lipinski definition) is 0. The molecule has 2 fully saturated rings. The fourth-order valence-electron chi connectivity index (χ4n) is 4.27. The highest BCUT2D eigenvalue weighted by atomic mass is 16.5. The minimum absolute atomic E-state index is 0.333. The van der Waals surface area contributed by atoms with Crippen molar-refractivity contribution in [3.05, 3.63) is 24.9 Å². The molecule has 3 aromatic heterocycles. The van der Waals surface area contributed by atoms with Crippen LogP contribution in [0.3, 0.4) is 0 Å². The molecular weight excluding hydrogens is 382 g/mol. The van der Waals surface area contributed by atoms with Crippen LogP contribution in [-0.4, -0.2) is 82.0 Å². The van der Waals surface area contributed by atoms with Crippen LogP contribution in [0.5, 0.6) is 0 Å².